The first-order valence-corrected chi connectivity index (χ1v) is 1.28. The van der Waals surface area contributed by atoms with Crippen LogP contribution in [0.25, 0.3) is 0 Å². The Morgan fingerprint density at radius 1 is 0.700 bits per heavy atom. The maximum atomic E-state index is 8.24. The average Bonchev–Trinajstić information content (AvgIpc) is 1.70. The molecule has 0 aromatic heterocycles. The van der Waals surface area contributed by atoms with Crippen LogP contribution in [0, 0.1) is 0 Å². The predicted octanol–water partition coefficient (Wildman–Crippen LogP) is -1.17. The van der Waals surface area contributed by atoms with Gasteiger partial charge in [-0.3, -0.25) is 0 Å². The Hall–Kier alpha value is -0.967. The molecule has 0 rings (SSSR count). The first-order valence-electron chi connectivity index (χ1n) is 1.28. The van der Waals surface area contributed by atoms with Crippen molar-refractivity contribution in [3.05, 3.63) is 0 Å². The van der Waals surface area contributed by atoms with Gasteiger partial charge in [0.15, 0.2) is 0 Å². The molecule has 0 aromatic rings. The number of hydrogen-bond acceptors (Lipinski definition) is 3. The summed E-state index contributed by atoms with van der Waals surface area (Å²) in [5.41, 5.74) is 0. The topological polar surface area (TPSA) is 112 Å². The van der Waals surface area contributed by atoms with Crippen LogP contribution in [0.2, 0.25) is 0 Å². The van der Waals surface area contributed by atoms with Crippen molar-refractivity contribution in [1.29, 1.82) is 0 Å². The van der Waals surface area contributed by atoms with Crippen molar-refractivity contribution in [1.82, 2.24) is 0 Å². The molecule has 6 nitrogen and oxygen atoms in total. The molecule has 0 fully saturated rings. The van der Waals surface area contributed by atoms with Gasteiger partial charge in [0.1, 0.15) is 0 Å². The molecule has 60 valence electrons. The van der Waals surface area contributed by atoms with Gasteiger partial charge in [0.25, 0.3) is 0 Å². The van der Waals surface area contributed by atoms with Crippen molar-refractivity contribution in [2.75, 3.05) is 0 Å². The van der Waals surface area contributed by atoms with Crippen molar-refractivity contribution < 1.29 is 49.2 Å². The van der Waals surface area contributed by atoms with E-state index in [1.54, 1.807) is 0 Å². The Labute approximate surface area is 69.2 Å². The predicted molar refractivity (Wildman–Crippen MR) is 25.0 cm³/mol. The van der Waals surface area contributed by atoms with Gasteiger partial charge in [-0.1, -0.05) is 19.4 Å². The maximum Gasteiger partial charge on any atom is 3.00 e. The molecule has 10 heavy (non-hydrogen) atoms. The van der Waals surface area contributed by atoms with E-state index in [1.165, 1.54) is 0 Å². The van der Waals surface area contributed by atoms with E-state index in [0.29, 0.717) is 19.4 Å². The Morgan fingerprint density at radius 3 is 0.700 bits per heavy atom. The molecule has 0 amide bonds. The standard InChI is InChI=1S/3CHO2.Rh/c3*2-1-3;/h3*(H,2,3);/q3*-1;+3. The SMILES string of the molecule is O=[C-]O.O=[C-]O.O=[C-]O.[Rh+3]. The second kappa shape index (κ2) is 96.1. The zero-order valence-corrected chi connectivity index (χ0v) is 6.04. The summed E-state index contributed by atoms with van der Waals surface area (Å²) in [7, 11) is 0. The summed E-state index contributed by atoms with van der Waals surface area (Å²) in [6.45, 7) is 1.50. The Kier molecular flexibility index (Phi) is 221. The number of rotatable bonds is 0. The van der Waals surface area contributed by atoms with Crippen LogP contribution in [0.15, 0.2) is 0 Å². The molecule has 0 unspecified atom stereocenters. The third-order valence-electron chi connectivity index (χ3n) is 0. The van der Waals surface area contributed by atoms with E-state index in [9.17, 15) is 0 Å². The molecule has 0 heterocycles. The third kappa shape index (κ3) is 274. The summed E-state index contributed by atoms with van der Waals surface area (Å²) < 4.78 is 0. The van der Waals surface area contributed by atoms with E-state index in [2.05, 4.69) is 0 Å². The summed E-state index contributed by atoms with van der Waals surface area (Å²) in [6, 6.07) is 0. The smallest absolute Gasteiger partial charge is 0.665 e. The van der Waals surface area contributed by atoms with Gasteiger partial charge in [0, 0.05) is 0 Å². The Bertz CT molecular complexity index is 49.7. The molecule has 3 N–H and O–H groups in total. The van der Waals surface area contributed by atoms with Gasteiger partial charge < -0.3 is 29.7 Å². The maximum absolute atomic E-state index is 8.24. The molecule has 0 aromatic carbocycles. The van der Waals surface area contributed by atoms with Gasteiger partial charge >= 0.3 is 19.5 Å². The Morgan fingerprint density at radius 2 is 0.700 bits per heavy atom. The monoisotopic (exact) mass is 238 g/mol. The molecule has 0 aliphatic heterocycles. The molecule has 0 saturated carbocycles. The van der Waals surface area contributed by atoms with Gasteiger partial charge in [0.2, 0.25) is 0 Å². The van der Waals surface area contributed by atoms with Crippen molar-refractivity contribution in [3.8, 4) is 0 Å². The van der Waals surface area contributed by atoms with Crippen molar-refractivity contribution >= 4 is 19.4 Å². The summed E-state index contributed by atoms with van der Waals surface area (Å²) in [5.74, 6) is 0. The van der Waals surface area contributed by atoms with Crippen molar-refractivity contribution in [3.63, 3.8) is 0 Å². The Balaban J connectivity index is -0.0000000257. The van der Waals surface area contributed by atoms with E-state index >= 15 is 0 Å². The normalized spacial score (nSPS) is 3.60. The van der Waals surface area contributed by atoms with Gasteiger partial charge in [-0.15, -0.1) is 0 Å². The summed E-state index contributed by atoms with van der Waals surface area (Å²) in [6.07, 6.45) is 0. The fourth-order valence-corrected chi connectivity index (χ4v) is 0. The van der Waals surface area contributed by atoms with Gasteiger partial charge in [-0.25, -0.2) is 0 Å². The van der Waals surface area contributed by atoms with Crippen LogP contribution in [0.5, 0.6) is 0 Å². The minimum Gasteiger partial charge on any atom is -0.665 e. The zero-order valence-electron chi connectivity index (χ0n) is 4.40. The van der Waals surface area contributed by atoms with Crippen LogP contribution >= 0.6 is 0 Å². The molecule has 0 saturated heterocycles. The molecule has 0 aliphatic carbocycles. The molecule has 0 bridgehead atoms. The second-order valence-electron chi connectivity index (χ2n) is 0.274. The molecular formula is C3H3O6Rh. The van der Waals surface area contributed by atoms with Crippen LogP contribution in [0.3, 0.4) is 0 Å². The second-order valence-corrected chi connectivity index (χ2v) is 0.274. The summed E-state index contributed by atoms with van der Waals surface area (Å²) >= 11 is 0. The first-order chi connectivity index (χ1) is 4.24. The van der Waals surface area contributed by atoms with Gasteiger partial charge in [-0.05, 0) is 0 Å². The first kappa shape index (κ1) is 23.0. The molecular weight excluding hydrogens is 235 g/mol. The quantitative estimate of drug-likeness (QED) is 0.362. The molecule has 7 heteroatoms. The van der Waals surface area contributed by atoms with Crippen LogP contribution in [0.4, 0.5) is 0 Å². The van der Waals surface area contributed by atoms with E-state index in [4.69, 9.17) is 29.7 Å². The van der Waals surface area contributed by atoms with Crippen molar-refractivity contribution in [2.24, 2.45) is 0 Å². The van der Waals surface area contributed by atoms with E-state index in [0.717, 1.165) is 0 Å². The molecule has 0 spiro atoms. The zero-order chi connectivity index (χ0) is 8.12. The fraction of sp³-hybridized carbons (Fsp3) is 0. The fourth-order valence-electron chi connectivity index (χ4n) is 0. The van der Waals surface area contributed by atoms with E-state index < -0.39 is 0 Å². The van der Waals surface area contributed by atoms with E-state index in [1.807, 2.05) is 0 Å². The third-order valence-corrected chi connectivity index (χ3v) is 0. The van der Waals surface area contributed by atoms with Gasteiger partial charge in [0.05, 0.1) is 0 Å². The van der Waals surface area contributed by atoms with Crippen LogP contribution < -0.4 is 0 Å². The van der Waals surface area contributed by atoms with Crippen molar-refractivity contribution in [2.45, 2.75) is 0 Å². The van der Waals surface area contributed by atoms with E-state index in [-0.39, 0.29) is 19.5 Å². The summed E-state index contributed by atoms with van der Waals surface area (Å²) in [5, 5.41) is 20.3. The number of hydrogen-bond donors (Lipinski definition) is 3. The minimum atomic E-state index is 0. The largest absolute Gasteiger partial charge is 3.00 e. The number of aliphatic hydroxyl groups excluding tert-OH is 3. The summed E-state index contributed by atoms with van der Waals surface area (Å²) in [4.78, 5) is 24.7. The van der Waals surface area contributed by atoms with Gasteiger partial charge in [-0.2, -0.15) is 0 Å². The van der Waals surface area contributed by atoms with Crippen LogP contribution in [-0.4, -0.2) is 34.7 Å². The average molecular weight is 238 g/mol. The van der Waals surface area contributed by atoms with Crippen LogP contribution in [-0.2, 0) is 33.9 Å². The minimum absolute atomic E-state index is 0. The van der Waals surface area contributed by atoms with Crippen LogP contribution in [0.1, 0.15) is 0 Å². The molecule has 0 atom stereocenters. The molecule has 0 aliphatic rings. The molecule has 0 radical (unpaired) electrons.